The van der Waals surface area contributed by atoms with Crippen LogP contribution in [-0.4, -0.2) is 21.9 Å². The van der Waals surface area contributed by atoms with Gasteiger partial charge < -0.3 is 4.74 Å². The summed E-state index contributed by atoms with van der Waals surface area (Å²) < 4.78 is 5.87. The van der Waals surface area contributed by atoms with Gasteiger partial charge in [-0.2, -0.15) is 0 Å². The van der Waals surface area contributed by atoms with Gasteiger partial charge in [0.2, 0.25) is 0 Å². The summed E-state index contributed by atoms with van der Waals surface area (Å²) in [5, 5.41) is 22.3. The van der Waals surface area contributed by atoms with Crippen molar-refractivity contribution >= 4 is 17.3 Å². The molecule has 0 aliphatic heterocycles. The standard InChI is InChI=1S/C22H28N2O6/c1-12-17(9-14-10-18(12)22(14,5)6)19(21(2,3)4)30-20(25)13-7-15(23(26)27)11-16(8-13)24(28)29/h7-8,11,14,17-19H,1,9-10H2,2-6H3/t14-,17-,18-,19-/m1/s1. The largest absolute Gasteiger partial charge is 0.458 e. The third kappa shape index (κ3) is 3.70. The van der Waals surface area contributed by atoms with Crippen LogP contribution in [0.3, 0.4) is 0 Å². The predicted octanol–water partition coefficient (Wildman–Crippen LogP) is 5.31. The summed E-state index contributed by atoms with van der Waals surface area (Å²) in [6.45, 7) is 14.7. The van der Waals surface area contributed by atoms with Gasteiger partial charge in [-0.05, 0) is 35.5 Å². The van der Waals surface area contributed by atoms with Crippen LogP contribution in [0.2, 0.25) is 0 Å². The van der Waals surface area contributed by atoms with Crippen molar-refractivity contribution in [3.63, 3.8) is 0 Å². The van der Waals surface area contributed by atoms with Crippen LogP contribution < -0.4 is 0 Å². The average Bonchev–Trinajstić information content (AvgIpc) is 2.64. The monoisotopic (exact) mass is 416 g/mol. The Hall–Kier alpha value is -2.77. The van der Waals surface area contributed by atoms with Gasteiger partial charge in [0.15, 0.2) is 0 Å². The first-order valence-corrected chi connectivity index (χ1v) is 10.1. The van der Waals surface area contributed by atoms with Crippen molar-refractivity contribution in [3.8, 4) is 0 Å². The molecule has 4 atom stereocenters. The zero-order valence-corrected chi connectivity index (χ0v) is 18.0. The molecule has 4 rings (SSSR count). The van der Waals surface area contributed by atoms with Crippen LogP contribution in [0.15, 0.2) is 30.4 Å². The number of esters is 1. The van der Waals surface area contributed by atoms with E-state index in [4.69, 9.17) is 4.74 Å². The van der Waals surface area contributed by atoms with Gasteiger partial charge in [-0.3, -0.25) is 20.2 Å². The van der Waals surface area contributed by atoms with Crippen molar-refractivity contribution in [2.75, 3.05) is 0 Å². The van der Waals surface area contributed by atoms with Crippen molar-refractivity contribution in [3.05, 3.63) is 56.1 Å². The second-order valence-electron chi connectivity index (χ2n) is 10.2. The molecule has 8 heteroatoms. The number of nitro benzene ring substituents is 2. The number of hydrogen-bond acceptors (Lipinski definition) is 6. The molecule has 0 radical (unpaired) electrons. The molecule has 3 aliphatic rings. The predicted molar refractivity (Wildman–Crippen MR) is 111 cm³/mol. The fourth-order valence-electron chi connectivity index (χ4n) is 5.05. The number of nitrogens with zero attached hydrogens (tertiary/aromatic N) is 2. The highest BCUT2D eigenvalue weighted by Gasteiger charge is 2.57. The molecule has 0 N–H and O–H groups in total. The van der Waals surface area contributed by atoms with Crippen LogP contribution in [0.4, 0.5) is 11.4 Å². The molecule has 3 aliphatic carbocycles. The minimum Gasteiger partial charge on any atom is -0.458 e. The summed E-state index contributed by atoms with van der Waals surface area (Å²) in [5.41, 5.74) is -0.357. The van der Waals surface area contributed by atoms with Crippen molar-refractivity contribution in [1.82, 2.24) is 0 Å². The summed E-state index contributed by atoms with van der Waals surface area (Å²) in [5.74, 6) is 0.0941. The van der Waals surface area contributed by atoms with E-state index in [9.17, 15) is 25.0 Å². The highest BCUT2D eigenvalue weighted by molar-refractivity contribution is 5.91. The van der Waals surface area contributed by atoms with E-state index in [1.807, 2.05) is 20.8 Å². The van der Waals surface area contributed by atoms with Gasteiger partial charge in [0, 0.05) is 18.1 Å². The van der Waals surface area contributed by atoms with E-state index in [0.717, 1.165) is 36.6 Å². The highest BCUT2D eigenvalue weighted by Crippen LogP contribution is 2.64. The number of nitro groups is 2. The molecule has 1 aromatic rings. The maximum absolute atomic E-state index is 12.9. The van der Waals surface area contributed by atoms with Gasteiger partial charge in [-0.25, -0.2) is 4.79 Å². The normalized spacial score (nSPS) is 25.8. The topological polar surface area (TPSA) is 113 Å². The van der Waals surface area contributed by atoms with Gasteiger partial charge in [0.05, 0.1) is 21.5 Å². The Labute approximate surface area is 175 Å². The molecule has 3 fully saturated rings. The minimum atomic E-state index is -0.798. The van der Waals surface area contributed by atoms with Crippen molar-refractivity contribution in [1.29, 1.82) is 0 Å². The molecule has 0 spiro atoms. The molecule has 0 aromatic heterocycles. The molecular formula is C22H28N2O6. The van der Waals surface area contributed by atoms with E-state index in [1.165, 1.54) is 0 Å². The number of carbonyl (C=O) groups is 1. The molecule has 30 heavy (non-hydrogen) atoms. The van der Waals surface area contributed by atoms with E-state index in [2.05, 4.69) is 20.4 Å². The van der Waals surface area contributed by atoms with Crippen molar-refractivity contribution in [2.24, 2.45) is 28.6 Å². The molecule has 8 nitrogen and oxygen atoms in total. The lowest BCUT2D eigenvalue weighted by Crippen LogP contribution is -2.55. The third-order valence-electron chi connectivity index (χ3n) is 6.95. The molecular weight excluding hydrogens is 388 g/mol. The fraction of sp³-hybridized carbons (Fsp3) is 0.591. The summed E-state index contributed by atoms with van der Waals surface area (Å²) in [6, 6.07) is 2.87. The summed E-state index contributed by atoms with van der Waals surface area (Å²) in [4.78, 5) is 33.7. The number of ether oxygens (including phenoxy) is 1. The first-order valence-electron chi connectivity index (χ1n) is 10.1. The van der Waals surface area contributed by atoms with Crippen LogP contribution in [0.25, 0.3) is 0 Å². The van der Waals surface area contributed by atoms with Crippen molar-refractivity contribution in [2.45, 2.75) is 53.6 Å². The van der Waals surface area contributed by atoms with Gasteiger partial charge in [0.1, 0.15) is 6.10 Å². The SMILES string of the molecule is C=C1[C@H]([C@@H](OC(=O)c2cc([N+](=O)[O-])cc([N+](=O)[O-])c2)C(C)(C)C)C[C@@H]2C[C@H]1C2(C)C. The van der Waals surface area contributed by atoms with Gasteiger partial charge in [0.25, 0.3) is 11.4 Å². The molecule has 0 unspecified atom stereocenters. The Morgan fingerprint density at radius 2 is 1.67 bits per heavy atom. The van der Waals surface area contributed by atoms with E-state index >= 15 is 0 Å². The maximum Gasteiger partial charge on any atom is 0.338 e. The quantitative estimate of drug-likeness (QED) is 0.278. The number of hydrogen-bond donors (Lipinski definition) is 0. The van der Waals surface area contributed by atoms with Crippen LogP contribution in [0.1, 0.15) is 57.8 Å². The Balaban J connectivity index is 1.90. The zero-order valence-electron chi connectivity index (χ0n) is 18.0. The maximum atomic E-state index is 12.9. The average molecular weight is 416 g/mol. The second-order valence-corrected chi connectivity index (χ2v) is 10.2. The zero-order chi connectivity index (χ0) is 22.6. The molecule has 162 valence electrons. The molecule has 0 amide bonds. The molecule has 1 aromatic carbocycles. The summed E-state index contributed by atoms with van der Waals surface area (Å²) in [6.07, 6.45) is 1.48. The first kappa shape index (κ1) is 21.9. The number of carbonyl (C=O) groups excluding carboxylic acids is 1. The molecule has 0 heterocycles. The van der Waals surface area contributed by atoms with Crippen LogP contribution in [-0.2, 0) is 4.74 Å². The number of rotatable bonds is 5. The number of benzene rings is 1. The Bertz CT molecular complexity index is 898. The first-order chi connectivity index (χ1) is 13.7. The Kier molecular flexibility index (Phi) is 5.25. The molecule has 2 bridgehead atoms. The van der Waals surface area contributed by atoms with E-state index in [1.54, 1.807) is 0 Å². The van der Waals surface area contributed by atoms with E-state index < -0.39 is 38.7 Å². The highest BCUT2D eigenvalue weighted by atomic mass is 16.6. The Morgan fingerprint density at radius 3 is 2.07 bits per heavy atom. The number of non-ortho nitro benzene ring substituents is 2. The third-order valence-corrected chi connectivity index (χ3v) is 6.95. The lowest BCUT2D eigenvalue weighted by molar-refractivity contribution is -0.394. The van der Waals surface area contributed by atoms with Crippen molar-refractivity contribution < 1.29 is 19.4 Å². The number of fused-ring (bicyclic) bond motifs is 2. The smallest absolute Gasteiger partial charge is 0.338 e. The molecule has 0 saturated heterocycles. The lowest BCUT2D eigenvalue weighted by atomic mass is 9.44. The second kappa shape index (κ2) is 7.18. The molecule has 3 saturated carbocycles. The lowest BCUT2D eigenvalue weighted by Gasteiger charge is -2.61. The van der Waals surface area contributed by atoms with Gasteiger partial charge >= 0.3 is 5.97 Å². The van der Waals surface area contributed by atoms with Gasteiger partial charge in [-0.1, -0.05) is 46.8 Å². The minimum absolute atomic E-state index is 0.0144. The van der Waals surface area contributed by atoms with E-state index in [0.29, 0.717) is 11.8 Å². The fourth-order valence-corrected chi connectivity index (χ4v) is 5.05. The summed E-state index contributed by atoms with van der Waals surface area (Å²) >= 11 is 0. The summed E-state index contributed by atoms with van der Waals surface area (Å²) in [7, 11) is 0. The van der Waals surface area contributed by atoms with Crippen LogP contribution in [0, 0.1) is 48.8 Å². The van der Waals surface area contributed by atoms with E-state index in [-0.39, 0.29) is 16.9 Å². The van der Waals surface area contributed by atoms with Crippen LogP contribution >= 0.6 is 0 Å². The van der Waals surface area contributed by atoms with Crippen LogP contribution in [0.5, 0.6) is 0 Å². The Morgan fingerprint density at radius 1 is 1.13 bits per heavy atom. The van der Waals surface area contributed by atoms with Gasteiger partial charge in [-0.15, -0.1) is 0 Å².